The SMILES string of the molecule is Cc1ccc(C(=O)NC(=S)N2CC[NH+](CCO)CC2)cc1Br. The highest BCUT2D eigenvalue weighted by Crippen LogP contribution is 2.17. The van der Waals surface area contributed by atoms with Crippen LogP contribution in [-0.2, 0) is 0 Å². The number of carbonyl (C=O) groups excluding carboxylic acids is 1. The summed E-state index contributed by atoms with van der Waals surface area (Å²) in [5.74, 6) is -0.184. The van der Waals surface area contributed by atoms with E-state index < -0.39 is 0 Å². The standard InChI is InChI=1S/C15H20BrN3O2S/c1-11-2-3-12(10-13(11)16)14(21)17-15(22)19-6-4-18(5-7-19)8-9-20/h2-3,10,20H,4-9H2,1H3,(H,17,21,22)/p+1. The van der Waals surface area contributed by atoms with E-state index in [9.17, 15) is 4.79 Å². The van der Waals surface area contributed by atoms with Crippen molar-refractivity contribution in [3.05, 3.63) is 33.8 Å². The van der Waals surface area contributed by atoms with E-state index in [1.165, 1.54) is 4.90 Å². The molecule has 3 N–H and O–H groups in total. The second-order valence-electron chi connectivity index (χ2n) is 5.43. The zero-order valence-corrected chi connectivity index (χ0v) is 15.0. The van der Waals surface area contributed by atoms with E-state index in [2.05, 4.69) is 21.2 Å². The number of piperazine rings is 1. The molecule has 0 spiro atoms. The van der Waals surface area contributed by atoms with Crippen LogP contribution >= 0.6 is 28.1 Å². The highest BCUT2D eigenvalue weighted by molar-refractivity contribution is 9.10. The van der Waals surface area contributed by atoms with Crippen LogP contribution in [0.1, 0.15) is 15.9 Å². The van der Waals surface area contributed by atoms with Crippen LogP contribution in [0, 0.1) is 6.92 Å². The van der Waals surface area contributed by atoms with Crippen LogP contribution in [0.4, 0.5) is 0 Å². The molecule has 2 rings (SSSR count). The molecule has 0 aromatic heterocycles. The molecule has 1 amide bonds. The summed E-state index contributed by atoms with van der Waals surface area (Å²) in [5.41, 5.74) is 1.67. The minimum atomic E-state index is -0.184. The Bertz CT molecular complexity index is 560. The number of aliphatic hydroxyl groups is 1. The molecule has 0 atom stereocenters. The molecular weight excluding hydrogens is 366 g/mol. The van der Waals surface area contributed by atoms with Crippen LogP contribution in [0.15, 0.2) is 22.7 Å². The minimum absolute atomic E-state index is 0.184. The van der Waals surface area contributed by atoms with Crippen molar-refractivity contribution in [1.29, 1.82) is 0 Å². The van der Waals surface area contributed by atoms with Crippen molar-refractivity contribution in [2.24, 2.45) is 0 Å². The minimum Gasteiger partial charge on any atom is -0.391 e. The molecule has 7 heteroatoms. The van der Waals surface area contributed by atoms with Gasteiger partial charge in [0.1, 0.15) is 6.54 Å². The third kappa shape index (κ3) is 4.49. The summed E-state index contributed by atoms with van der Waals surface area (Å²) in [6.45, 7) is 6.39. The molecule has 1 fully saturated rings. The normalized spacial score (nSPS) is 15.7. The zero-order valence-electron chi connectivity index (χ0n) is 12.6. The highest BCUT2D eigenvalue weighted by Gasteiger charge is 2.22. The number of nitrogens with one attached hydrogen (secondary N) is 2. The van der Waals surface area contributed by atoms with Gasteiger partial charge in [0.05, 0.1) is 32.8 Å². The van der Waals surface area contributed by atoms with Gasteiger partial charge >= 0.3 is 0 Å². The molecule has 1 aliphatic heterocycles. The van der Waals surface area contributed by atoms with Crippen molar-refractivity contribution >= 4 is 39.2 Å². The predicted octanol–water partition coefficient (Wildman–Crippen LogP) is -0.0350. The smallest absolute Gasteiger partial charge is 0.257 e. The first-order chi connectivity index (χ1) is 10.5. The molecule has 5 nitrogen and oxygen atoms in total. The van der Waals surface area contributed by atoms with Crippen molar-refractivity contribution in [1.82, 2.24) is 10.2 Å². The summed E-state index contributed by atoms with van der Waals surface area (Å²) in [4.78, 5) is 15.6. The number of aliphatic hydroxyl groups excluding tert-OH is 1. The molecule has 0 saturated carbocycles. The van der Waals surface area contributed by atoms with Gasteiger partial charge in [-0.15, -0.1) is 0 Å². The molecular formula is C15H21BrN3O2S+. The lowest BCUT2D eigenvalue weighted by Crippen LogP contribution is -3.15. The Morgan fingerprint density at radius 3 is 2.73 bits per heavy atom. The maximum atomic E-state index is 12.2. The maximum Gasteiger partial charge on any atom is 0.257 e. The zero-order chi connectivity index (χ0) is 16.1. The number of halogens is 1. The summed E-state index contributed by atoms with van der Waals surface area (Å²) in [7, 11) is 0. The topological polar surface area (TPSA) is 57.0 Å². The molecule has 1 aromatic carbocycles. The van der Waals surface area contributed by atoms with Crippen molar-refractivity contribution in [2.75, 3.05) is 39.3 Å². The van der Waals surface area contributed by atoms with Gasteiger partial charge in [0.15, 0.2) is 5.11 Å². The number of hydrogen-bond donors (Lipinski definition) is 3. The molecule has 1 saturated heterocycles. The van der Waals surface area contributed by atoms with Crippen molar-refractivity contribution in [2.45, 2.75) is 6.92 Å². The largest absolute Gasteiger partial charge is 0.391 e. The van der Waals surface area contributed by atoms with E-state index in [0.717, 1.165) is 42.8 Å². The van der Waals surface area contributed by atoms with E-state index in [1.807, 2.05) is 17.9 Å². The molecule has 120 valence electrons. The van der Waals surface area contributed by atoms with Crippen LogP contribution in [0.2, 0.25) is 0 Å². The number of benzene rings is 1. The third-order valence-electron chi connectivity index (χ3n) is 3.88. The fourth-order valence-corrected chi connectivity index (χ4v) is 3.07. The molecule has 0 aliphatic carbocycles. The Hall–Kier alpha value is -1.02. The second-order valence-corrected chi connectivity index (χ2v) is 6.67. The lowest BCUT2D eigenvalue weighted by molar-refractivity contribution is -0.904. The molecule has 1 aromatic rings. The first-order valence-corrected chi connectivity index (χ1v) is 8.52. The summed E-state index contributed by atoms with van der Waals surface area (Å²) >= 11 is 8.77. The van der Waals surface area contributed by atoms with Gasteiger partial charge < -0.3 is 14.9 Å². The van der Waals surface area contributed by atoms with Crippen LogP contribution < -0.4 is 10.2 Å². The number of hydrogen-bond acceptors (Lipinski definition) is 3. The van der Waals surface area contributed by atoms with Crippen LogP contribution in [0.25, 0.3) is 0 Å². The van der Waals surface area contributed by atoms with E-state index in [1.54, 1.807) is 12.1 Å². The Kier molecular flexibility index (Phi) is 6.31. The van der Waals surface area contributed by atoms with E-state index >= 15 is 0 Å². The van der Waals surface area contributed by atoms with Gasteiger partial charge in [0.25, 0.3) is 5.91 Å². The molecule has 0 unspecified atom stereocenters. The quantitative estimate of drug-likeness (QED) is 0.638. The molecule has 22 heavy (non-hydrogen) atoms. The molecule has 1 heterocycles. The molecule has 0 bridgehead atoms. The van der Waals surface area contributed by atoms with Gasteiger partial charge in [-0.2, -0.15) is 0 Å². The first-order valence-electron chi connectivity index (χ1n) is 7.32. The van der Waals surface area contributed by atoms with Crippen molar-refractivity contribution < 1.29 is 14.8 Å². The average Bonchev–Trinajstić information content (AvgIpc) is 2.51. The maximum absolute atomic E-state index is 12.2. The van der Waals surface area contributed by atoms with E-state index in [0.29, 0.717) is 10.7 Å². The van der Waals surface area contributed by atoms with Crippen molar-refractivity contribution in [3.63, 3.8) is 0 Å². The first kappa shape index (κ1) is 17.3. The number of carbonyl (C=O) groups is 1. The average molecular weight is 387 g/mol. The fraction of sp³-hybridized carbons (Fsp3) is 0.467. The number of thiocarbonyl (C=S) groups is 1. The van der Waals surface area contributed by atoms with Crippen LogP contribution in [0.5, 0.6) is 0 Å². The Labute approximate surface area is 144 Å². The fourth-order valence-electron chi connectivity index (χ4n) is 2.42. The Morgan fingerprint density at radius 2 is 2.14 bits per heavy atom. The summed E-state index contributed by atoms with van der Waals surface area (Å²) in [5, 5.41) is 12.2. The van der Waals surface area contributed by atoms with Crippen LogP contribution in [0.3, 0.4) is 0 Å². The van der Waals surface area contributed by atoms with Gasteiger partial charge in [0, 0.05) is 10.0 Å². The summed E-state index contributed by atoms with van der Waals surface area (Å²) in [6, 6.07) is 5.50. The lowest BCUT2D eigenvalue weighted by Gasteiger charge is -2.33. The van der Waals surface area contributed by atoms with Gasteiger partial charge in [-0.3, -0.25) is 10.1 Å². The number of rotatable bonds is 3. The molecule has 0 radical (unpaired) electrons. The predicted molar refractivity (Wildman–Crippen MR) is 93.2 cm³/mol. The lowest BCUT2D eigenvalue weighted by atomic mass is 10.1. The van der Waals surface area contributed by atoms with Crippen molar-refractivity contribution in [3.8, 4) is 0 Å². The monoisotopic (exact) mass is 386 g/mol. The number of nitrogens with zero attached hydrogens (tertiary/aromatic N) is 1. The van der Waals surface area contributed by atoms with Gasteiger partial charge in [-0.1, -0.05) is 22.0 Å². The van der Waals surface area contributed by atoms with Gasteiger partial charge in [0.2, 0.25) is 0 Å². The number of aryl methyl sites for hydroxylation is 1. The third-order valence-corrected chi connectivity index (χ3v) is 5.09. The summed E-state index contributed by atoms with van der Waals surface area (Å²) < 4.78 is 0.910. The number of amides is 1. The van der Waals surface area contributed by atoms with Gasteiger partial charge in [-0.05, 0) is 36.8 Å². The van der Waals surface area contributed by atoms with E-state index in [4.69, 9.17) is 17.3 Å². The highest BCUT2D eigenvalue weighted by atomic mass is 79.9. The number of quaternary nitrogens is 1. The second kappa shape index (κ2) is 8.01. The molecule has 1 aliphatic rings. The summed E-state index contributed by atoms with van der Waals surface area (Å²) in [6.07, 6.45) is 0. The van der Waals surface area contributed by atoms with Gasteiger partial charge in [-0.25, -0.2) is 0 Å². The van der Waals surface area contributed by atoms with Crippen LogP contribution in [-0.4, -0.2) is 60.4 Å². The van der Waals surface area contributed by atoms with E-state index in [-0.39, 0.29) is 12.5 Å². The Balaban J connectivity index is 1.89. The Morgan fingerprint density at radius 1 is 1.45 bits per heavy atom.